The predicted molar refractivity (Wildman–Crippen MR) is 45.7 cm³/mol. The van der Waals surface area contributed by atoms with E-state index in [1.54, 1.807) is 6.07 Å². The average molecular weight is 198 g/mol. The van der Waals surface area contributed by atoms with Gasteiger partial charge in [0.05, 0.1) is 17.3 Å². The lowest BCUT2D eigenvalue weighted by molar-refractivity contribution is 0.429. The molecule has 0 unspecified atom stereocenters. The van der Waals surface area contributed by atoms with E-state index < -0.39 is 17.6 Å². The number of nitrogens with two attached hydrogens (primary N) is 1. The van der Waals surface area contributed by atoms with Gasteiger partial charge in [0.25, 0.3) is 6.08 Å². The van der Waals surface area contributed by atoms with Gasteiger partial charge in [-0.2, -0.15) is 14.0 Å². The number of rotatable bonds is 1. The summed E-state index contributed by atoms with van der Waals surface area (Å²) in [7, 11) is 0. The van der Waals surface area contributed by atoms with E-state index in [1.165, 1.54) is 0 Å². The van der Waals surface area contributed by atoms with Crippen LogP contribution in [0.5, 0.6) is 0 Å². The largest absolute Gasteiger partial charge is 0.396 e. The van der Waals surface area contributed by atoms with Gasteiger partial charge in [-0.05, 0) is 12.1 Å². The molecule has 1 aromatic rings. The summed E-state index contributed by atoms with van der Waals surface area (Å²) in [6.07, 6.45) is -1.58. The maximum absolute atomic E-state index is 12.9. The smallest absolute Gasteiger partial charge is 0.270 e. The Morgan fingerprint density at radius 3 is 2.57 bits per heavy atom. The van der Waals surface area contributed by atoms with Gasteiger partial charge in [0.1, 0.15) is 5.82 Å². The molecule has 0 saturated carbocycles. The monoisotopic (exact) mass is 198 g/mol. The summed E-state index contributed by atoms with van der Waals surface area (Å²) in [6.45, 7) is 0. The Morgan fingerprint density at radius 2 is 2.07 bits per heavy atom. The van der Waals surface area contributed by atoms with Gasteiger partial charge in [-0.15, -0.1) is 0 Å². The number of benzene rings is 1. The van der Waals surface area contributed by atoms with E-state index in [1.807, 2.05) is 0 Å². The zero-order valence-corrected chi connectivity index (χ0v) is 6.89. The summed E-state index contributed by atoms with van der Waals surface area (Å²) in [5.74, 6) is -0.878. The molecule has 0 atom stereocenters. The first-order valence-corrected chi connectivity index (χ1v) is 3.56. The molecule has 0 heterocycles. The predicted octanol–water partition coefficient (Wildman–Crippen LogP) is 2.52. The number of hydrogen-bond acceptors (Lipinski definition) is 2. The quantitative estimate of drug-likeness (QED) is 0.705. The Hall–Kier alpha value is -1.96. The summed E-state index contributed by atoms with van der Waals surface area (Å²) in [6, 6.07) is 3.63. The van der Waals surface area contributed by atoms with Gasteiger partial charge in [-0.1, -0.05) is 0 Å². The Bertz CT molecular complexity index is 428. The maximum atomic E-state index is 12.9. The van der Waals surface area contributed by atoms with E-state index in [4.69, 9.17) is 11.0 Å². The third-order valence-electron chi connectivity index (χ3n) is 1.56. The maximum Gasteiger partial charge on any atom is 0.270 e. The van der Waals surface area contributed by atoms with Crippen LogP contribution in [0.1, 0.15) is 11.1 Å². The van der Waals surface area contributed by atoms with Crippen molar-refractivity contribution >= 4 is 11.8 Å². The van der Waals surface area contributed by atoms with Gasteiger partial charge >= 0.3 is 0 Å². The summed E-state index contributed by atoms with van der Waals surface area (Å²) < 4.78 is 36.7. The summed E-state index contributed by atoms with van der Waals surface area (Å²) in [5, 5.41) is 8.45. The van der Waals surface area contributed by atoms with Crippen LogP contribution in [-0.4, -0.2) is 0 Å². The Labute approximate surface area is 78.1 Å². The fourth-order valence-corrected chi connectivity index (χ4v) is 0.941. The third kappa shape index (κ3) is 2.04. The van der Waals surface area contributed by atoms with Crippen molar-refractivity contribution in [2.45, 2.75) is 0 Å². The highest BCUT2D eigenvalue weighted by Gasteiger charge is 2.07. The van der Waals surface area contributed by atoms with Gasteiger partial charge < -0.3 is 5.73 Å². The van der Waals surface area contributed by atoms with Crippen molar-refractivity contribution in [1.82, 2.24) is 0 Å². The van der Waals surface area contributed by atoms with Crippen LogP contribution in [0.2, 0.25) is 0 Å². The molecule has 2 nitrogen and oxygen atoms in total. The van der Waals surface area contributed by atoms with Crippen LogP contribution in [0.25, 0.3) is 6.08 Å². The lowest BCUT2D eigenvalue weighted by atomic mass is 10.1. The van der Waals surface area contributed by atoms with Crippen molar-refractivity contribution < 1.29 is 13.2 Å². The standard InChI is InChI=1S/C9H5F3N2/c10-7-2-5(4-13)1-6(9(7)14)3-8(11)12/h1-3H,14H2. The van der Waals surface area contributed by atoms with Gasteiger partial charge in [0, 0.05) is 11.6 Å². The van der Waals surface area contributed by atoms with Gasteiger partial charge in [-0.3, -0.25) is 0 Å². The van der Waals surface area contributed by atoms with Crippen molar-refractivity contribution in [1.29, 1.82) is 5.26 Å². The second kappa shape index (κ2) is 3.83. The number of hydrogen-bond donors (Lipinski definition) is 1. The molecule has 1 aromatic carbocycles. The first-order valence-electron chi connectivity index (χ1n) is 3.56. The molecule has 72 valence electrons. The first kappa shape index (κ1) is 10.1. The van der Waals surface area contributed by atoms with Gasteiger partial charge in [0.15, 0.2) is 0 Å². The minimum absolute atomic E-state index is 0.0517. The van der Waals surface area contributed by atoms with Crippen LogP contribution >= 0.6 is 0 Å². The molecule has 0 radical (unpaired) electrons. The van der Waals surface area contributed by atoms with Crippen molar-refractivity contribution in [3.8, 4) is 6.07 Å². The van der Waals surface area contributed by atoms with E-state index in [2.05, 4.69) is 0 Å². The molecule has 0 aliphatic rings. The number of nitrogen functional groups attached to an aromatic ring is 1. The number of anilines is 1. The van der Waals surface area contributed by atoms with Crippen LogP contribution in [0.3, 0.4) is 0 Å². The fourth-order valence-electron chi connectivity index (χ4n) is 0.941. The summed E-state index contributed by atoms with van der Waals surface area (Å²) in [5.41, 5.74) is 4.56. The molecular weight excluding hydrogens is 193 g/mol. The number of nitriles is 1. The summed E-state index contributed by atoms with van der Waals surface area (Å²) >= 11 is 0. The molecular formula is C9H5F3N2. The molecule has 0 aliphatic carbocycles. The molecule has 14 heavy (non-hydrogen) atoms. The molecule has 0 saturated heterocycles. The van der Waals surface area contributed by atoms with Crippen LogP contribution in [-0.2, 0) is 0 Å². The van der Waals surface area contributed by atoms with Gasteiger partial charge in [0.2, 0.25) is 0 Å². The molecule has 0 spiro atoms. The molecule has 2 N–H and O–H groups in total. The second-order valence-electron chi connectivity index (χ2n) is 2.51. The molecule has 1 rings (SSSR count). The molecule has 0 bridgehead atoms. The zero-order chi connectivity index (χ0) is 10.7. The highest BCUT2D eigenvalue weighted by Crippen LogP contribution is 2.21. The second-order valence-corrected chi connectivity index (χ2v) is 2.51. The Morgan fingerprint density at radius 1 is 1.43 bits per heavy atom. The Balaban J connectivity index is 3.36. The normalized spacial score (nSPS) is 9.29. The zero-order valence-electron chi connectivity index (χ0n) is 6.89. The van der Waals surface area contributed by atoms with E-state index >= 15 is 0 Å². The number of nitrogens with zero attached hydrogens (tertiary/aromatic N) is 1. The highest BCUT2D eigenvalue weighted by atomic mass is 19.3. The molecule has 5 heteroatoms. The van der Waals surface area contributed by atoms with Crippen LogP contribution < -0.4 is 5.73 Å². The minimum atomic E-state index is -1.99. The van der Waals surface area contributed by atoms with Crippen molar-refractivity contribution in [3.05, 3.63) is 35.2 Å². The van der Waals surface area contributed by atoms with E-state index in [9.17, 15) is 13.2 Å². The SMILES string of the molecule is N#Cc1cc(F)c(N)c(C=C(F)F)c1. The van der Waals surface area contributed by atoms with Crippen LogP contribution in [0.4, 0.5) is 18.9 Å². The van der Waals surface area contributed by atoms with Crippen LogP contribution in [0, 0.1) is 17.1 Å². The number of halogens is 3. The van der Waals surface area contributed by atoms with Crippen LogP contribution in [0.15, 0.2) is 18.2 Å². The fraction of sp³-hybridized carbons (Fsp3) is 0. The minimum Gasteiger partial charge on any atom is -0.396 e. The van der Waals surface area contributed by atoms with E-state index in [0.717, 1.165) is 12.1 Å². The first-order chi connectivity index (χ1) is 6.54. The topological polar surface area (TPSA) is 49.8 Å². The van der Waals surface area contributed by atoms with Crippen molar-refractivity contribution in [2.24, 2.45) is 0 Å². The highest BCUT2D eigenvalue weighted by molar-refractivity contribution is 5.67. The lowest BCUT2D eigenvalue weighted by Crippen LogP contribution is -1.95. The lowest BCUT2D eigenvalue weighted by Gasteiger charge is -2.01. The molecule has 0 fully saturated rings. The van der Waals surface area contributed by atoms with E-state index in [-0.39, 0.29) is 11.1 Å². The van der Waals surface area contributed by atoms with E-state index in [0.29, 0.717) is 6.08 Å². The summed E-state index contributed by atoms with van der Waals surface area (Å²) in [4.78, 5) is 0. The van der Waals surface area contributed by atoms with Gasteiger partial charge in [-0.25, -0.2) is 4.39 Å². The average Bonchev–Trinajstić information content (AvgIpc) is 2.11. The Kier molecular flexibility index (Phi) is 2.77. The van der Waals surface area contributed by atoms with Crippen molar-refractivity contribution in [2.75, 3.05) is 5.73 Å². The molecule has 0 amide bonds. The molecule has 0 aromatic heterocycles. The molecule has 0 aliphatic heterocycles. The van der Waals surface area contributed by atoms with Crippen molar-refractivity contribution in [3.63, 3.8) is 0 Å². The third-order valence-corrected chi connectivity index (χ3v) is 1.56.